The maximum absolute atomic E-state index is 5.77. The highest BCUT2D eigenvalue weighted by Gasteiger charge is 2.25. The van der Waals surface area contributed by atoms with Crippen LogP contribution >= 0.6 is 0 Å². The van der Waals surface area contributed by atoms with Gasteiger partial charge in [-0.2, -0.15) is 0 Å². The minimum atomic E-state index is 0.165. The first-order chi connectivity index (χ1) is 9.02. The van der Waals surface area contributed by atoms with Crippen LogP contribution in [0.2, 0.25) is 0 Å². The van der Waals surface area contributed by atoms with Crippen molar-refractivity contribution < 1.29 is 4.74 Å². The SMILES string of the molecule is CC(C)(C)c1ccccc1N1CCOC(CCN)C1. The van der Waals surface area contributed by atoms with Crippen molar-refractivity contribution in [2.75, 3.05) is 31.1 Å². The van der Waals surface area contributed by atoms with E-state index >= 15 is 0 Å². The topological polar surface area (TPSA) is 38.5 Å². The van der Waals surface area contributed by atoms with E-state index in [1.807, 2.05) is 0 Å². The fraction of sp³-hybridized carbons (Fsp3) is 0.625. The van der Waals surface area contributed by atoms with E-state index in [0.717, 1.165) is 26.1 Å². The van der Waals surface area contributed by atoms with Gasteiger partial charge in [-0.25, -0.2) is 0 Å². The second-order valence-corrected chi connectivity index (χ2v) is 6.28. The number of rotatable bonds is 3. The maximum Gasteiger partial charge on any atom is 0.0762 e. The Morgan fingerprint density at radius 2 is 2.05 bits per heavy atom. The molecule has 1 aliphatic rings. The quantitative estimate of drug-likeness (QED) is 0.909. The Morgan fingerprint density at radius 1 is 1.32 bits per heavy atom. The summed E-state index contributed by atoms with van der Waals surface area (Å²) in [5, 5.41) is 0. The highest BCUT2D eigenvalue weighted by atomic mass is 16.5. The molecule has 1 saturated heterocycles. The zero-order valence-corrected chi connectivity index (χ0v) is 12.4. The second-order valence-electron chi connectivity index (χ2n) is 6.28. The van der Waals surface area contributed by atoms with Gasteiger partial charge in [0.1, 0.15) is 0 Å². The highest BCUT2D eigenvalue weighted by Crippen LogP contribution is 2.32. The van der Waals surface area contributed by atoms with Crippen LogP contribution in [0.3, 0.4) is 0 Å². The zero-order valence-electron chi connectivity index (χ0n) is 12.4. The summed E-state index contributed by atoms with van der Waals surface area (Å²) in [5.74, 6) is 0. The lowest BCUT2D eigenvalue weighted by atomic mass is 9.85. The van der Waals surface area contributed by atoms with Gasteiger partial charge in [-0.1, -0.05) is 39.0 Å². The van der Waals surface area contributed by atoms with Crippen LogP contribution in [0, 0.1) is 0 Å². The summed E-state index contributed by atoms with van der Waals surface area (Å²) in [6.45, 7) is 10.2. The van der Waals surface area contributed by atoms with E-state index in [-0.39, 0.29) is 11.5 Å². The third-order valence-corrected chi connectivity index (χ3v) is 3.68. The number of benzene rings is 1. The Labute approximate surface area is 116 Å². The van der Waals surface area contributed by atoms with Gasteiger partial charge in [-0.15, -0.1) is 0 Å². The van der Waals surface area contributed by atoms with E-state index in [1.54, 1.807) is 0 Å². The van der Waals surface area contributed by atoms with Crippen molar-refractivity contribution in [2.24, 2.45) is 5.73 Å². The maximum atomic E-state index is 5.77. The van der Waals surface area contributed by atoms with Gasteiger partial charge >= 0.3 is 0 Å². The number of nitrogens with zero attached hydrogens (tertiary/aromatic N) is 1. The van der Waals surface area contributed by atoms with Crippen molar-refractivity contribution >= 4 is 5.69 Å². The molecule has 1 unspecified atom stereocenters. The molecular weight excluding hydrogens is 236 g/mol. The first kappa shape index (κ1) is 14.4. The zero-order chi connectivity index (χ0) is 13.9. The average Bonchev–Trinajstić information content (AvgIpc) is 2.38. The van der Waals surface area contributed by atoms with E-state index in [9.17, 15) is 0 Å². The molecule has 19 heavy (non-hydrogen) atoms. The van der Waals surface area contributed by atoms with Gasteiger partial charge in [0, 0.05) is 18.8 Å². The Balaban J connectivity index is 2.21. The van der Waals surface area contributed by atoms with Crippen LogP contribution in [-0.2, 0) is 10.2 Å². The number of anilines is 1. The lowest BCUT2D eigenvalue weighted by Gasteiger charge is -2.37. The molecule has 0 radical (unpaired) electrons. The first-order valence-electron chi connectivity index (χ1n) is 7.18. The smallest absolute Gasteiger partial charge is 0.0762 e. The Morgan fingerprint density at radius 3 is 2.74 bits per heavy atom. The van der Waals surface area contributed by atoms with Gasteiger partial charge in [0.15, 0.2) is 0 Å². The van der Waals surface area contributed by atoms with E-state index in [0.29, 0.717) is 6.54 Å². The van der Waals surface area contributed by atoms with Gasteiger partial charge < -0.3 is 15.4 Å². The third-order valence-electron chi connectivity index (χ3n) is 3.68. The molecule has 0 amide bonds. The van der Waals surface area contributed by atoms with E-state index in [1.165, 1.54) is 11.3 Å². The van der Waals surface area contributed by atoms with Crippen LogP contribution in [0.1, 0.15) is 32.8 Å². The summed E-state index contributed by atoms with van der Waals surface area (Å²) in [6, 6.07) is 8.72. The van der Waals surface area contributed by atoms with Crippen molar-refractivity contribution in [3.05, 3.63) is 29.8 Å². The normalized spacial score (nSPS) is 20.6. The fourth-order valence-electron chi connectivity index (χ4n) is 2.68. The Hall–Kier alpha value is -1.06. The molecular formula is C16H26N2O. The molecule has 0 aromatic heterocycles. The summed E-state index contributed by atoms with van der Waals surface area (Å²) in [4.78, 5) is 2.45. The fourth-order valence-corrected chi connectivity index (χ4v) is 2.68. The minimum absolute atomic E-state index is 0.165. The molecule has 0 bridgehead atoms. The van der Waals surface area contributed by atoms with E-state index < -0.39 is 0 Å². The van der Waals surface area contributed by atoms with Gasteiger partial charge in [-0.05, 0) is 30.0 Å². The molecule has 1 aromatic carbocycles. The first-order valence-corrected chi connectivity index (χ1v) is 7.18. The number of morpholine rings is 1. The summed E-state index contributed by atoms with van der Waals surface area (Å²) >= 11 is 0. The van der Waals surface area contributed by atoms with Crippen LogP contribution in [0.4, 0.5) is 5.69 Å². The van der Waals surface area contributed by atoms with Crippen molar-refractivity contribution in [1.82, 2.24) is 0 Å². The summed E-state index contributed by atoms with van der Waals surface area (Å²) in [5.41, 5.74) is 8.56. The van der Waals surface area contributed by atoms with Crippen molar-refractivity contribution in [2.45, 2.75) is 38.7 Å². The molecule has 3 nitrogen and oxygen atoms in total. The molecule has 2 rings (SSSR count). The van der Waals surface area contributed by atoms with Crippen LogP contribution in [-0.4, -0.2) is 32.3 Å². The molecule has 1 atom stereocenters. The van der Waals surface area contributed by atoms with Crippen LogP contribution in [0.15, 0.2) is 24.3 Å². The number of para-hydroxylation sites is 1. The molecule has 3 heteroatoms. The molecule has 1 heterocycles. The molecule has 0 spiro atoms. The molecule has 0 aliphatic carbocycles. The number of hydrogen-bond donors (Lipinski definition) is 1. The van der Waals surface area contributed by atoms with Gasteiger partial charge in [0.05, 0.1) is 12.7 Å². The molecule has 1 fully saturated rings. The summed E-state index contributed by atoms with van der Waals surface area (Å²) < 4.78 is 5.77. The van der Waals surface area contributed by atoms with Crippen molar-refractivity contribution in [1.29, 1.82) is 0 Å². The van der Waals surface area contributed by atoms with Crippen molar-refractivity contribution in [3.8, 4) is 0 Å². The number of hydrogen-bond acceptors (Lipinski definition) is 3. The third kappa shape index (κ3) is 3.48. The van der Waals surface area contributed by atoms with E-state index in [4.69, 9.17) is 10.5 Å². The van der Waals surface area contributed by atoms with Crippen LogP contribution < -0.4 is 10.6 Å². The monoisotopic (exact) mass is 262 g/mol. The van der Waals surface area contributed by atoms with Crippen molar-refractivity contribution in [3.63, 3.8) is 0 Å². The summed E-state index contributed by atoms with van der Waals surface area (Å²) in [7, 11) is 0. The molecule has 1 aromatic rings. The average molecular weight is 262 g/mol. The lowest BCUT2D eigenvalue weighted by Crippen LogP contribution is -2.44. The van der Waals surface area contributed by atoms with E-state index in [2.05, 4.69) is 49.9 Å². The lowest BCUT2D eigenvalue weighted by molar-refractivity contribution is 0.0368. The largest absolute Gasteiger partial charge is 0.374 e. The van der Waals surface area contributed by atoms with Gasteiger partial charge in [-0.3, -0.25) is 0 Å². The predicted molar refractivity (Wildman–Crippen MR) is 80.8 cm³/mol. The predicted octanol–water partition coefficient (Wildman–Crippen LogP) is 2.54. The minimum Gasteiger partial charge on any atom is -0.374 e. The standard InChI is InChI=1S/C16H26N2O/c1-16(2,3)14-6-4-5-7-15(14)18-10-11-19-13(12-18)8-9-17/h4-7,13H,8-12,17H2,1-3H3. The molecule has 2 N–H and O–H groups in total. The summed E-state index contributed by atoms with van der Waals surface area (Å²) in [6.07, 6.45) is 1.21. The highest BCUT2D eigenvalue weighted by molar-refractivity contribution is 5.56. The molecule has 0 saturated carbocycles. The Kier molecular flexibility index (Phi) is 4.48. The van der Waals surface area contributed by atoms with Crippen LogP contribution in [0.5, 0.6) is 0 Å². The second kappa shape index (κ2) is 5.93. The molecule has 106 valence electrons. The van der Waals surface area contributed by atoms with Crippen LogP contribution in [0.25, 0.3) is 0 Å². The molecule has 1 aliphatic heterocycles. The Bertz CT molecular complexity index is 409. The van der Waals surface area contributed by atoms with Gasteiger partial charge in [0.2, 0.25) is 0 Å². The number of ether oxygens (including phenoxy) is 1. The number of nitrogens with two attached hydrogens (primary N) is 1. The van der Waals surface area contributed by atoms with Gasteiger partial charge in [0.25, 0.3) is 0 Å².